The summed E-state index contributed by atoms with van der Waals surface area (Å²) in [5.41, 5.74) is 1.14. The number of benzene rings is 1. The van der Waals surface area contributed by atoms with Gasteiger partial charge >= 0.3 is 0 Å². The Bertz CT molecular complexity index is 518. The number of aromatic amines is 1. The van der Waals surface area contributed by atoms with Crippen molar-refractivity contribution >= 4 is 11.8 Å². The Morgan fingerprint density at radius 1 is 1.50 bits per heavy atom. The predicted octanol–water partition coefficient (Wildman–Crippen LogP) is 2.11. The van der Waals surface area contributed by atoms with Crippen molar-refractivity contribution in [3.05, 3.63) is 41.5 Å². The van der Waals surface area contributed by atoms with Gasteiger partial charge in [-0.2, -0.15) is 10.4 Å². The minimum absolute atomic E-state index is 0.341. The van der Waals surface area contributed by atoms with Gasteiger partial charge in [0.15, 0.2) is 5.16 Å². The van der Waals surface area contributed by atoms with Gasteiger partial charge in [-0.3, -0.25) is 5.10 Å². The number of hydrogen-bond donors (Lipinski definition) is 1. The molecule has 4 nitrogen and oxygen atoms in total. The third-order valence-electron chi connectivity index (χ3n) is 1.95. The van der Waals surface area contributed by atoms with E-state index < -0.39 is 0 Å². The van der Waals surface area contributed by atoms with Crippen LogP contribution in [0.2, 0.25) is 0 Å². The van der Waals surface area contributed by atoms with E-state index in [0.717, 1.165) is 0 Å². The summed E-state index contributed by atoms with van der Waals surface area (Å²) in [5, 5.41) is 15.9. The lowest BCUT2D eigenvalue weighted by Crippen LogP contribution is -1.90. The molecule has 1 N–H and O–H groups in total. The average Bonchev–Trinajstić information content (AvgIpc) is 2.79. The van der Waals surface area contributed by atoms with Crippen LogP contribution >= 0.6 is 11.8 Å². The van der Waals surface area contributed by atoms with Crippen LogP contribution in [0.3, 0.4) is 0 Å². The molecule has 2 aromatic rings. The first-order chi connectivity index (χ1) is 7.79. The minimum Gasteiger partial charge on any atom is -0.254 e. The van der Waals surface area contributed by atoms with Gasteiger partial charge in [0.05, 0.1) is 11.6 Å². The lowest BCUT2D eigenvalue weighted by molar-refractivity contribution is 0.626. The van der Waals surface area contributed by atoms with Gasteiger partial charge in [0.2, 0.25) is 0 Å². The molecule has 0 aliphatic carbocycles. The maximum absolute atomic E-state index is 13.0. The maximum Gasteiger partial charge on any atom is 0.183 e. The second-order valence-electron chi connectivity index (χ2n) is 2.99. The summed E-state index contributed by atoms with van der Waals surface area (Å²) in [5.74, 6) is 0.141. The van der Waals surface area contributed by atoms with Crippen molar-refractivity contribution in [1.29, 1.82) is 5.26 Å². The zero-order valence-electron chi connectivity index (χ0n) is 8.14. The fourth-order valence-corrected chi connectivity index (χ4v) is 1.97. The summed E-state index contributed by atoms with van der Waals surface area (Å²) in [7, 11) is 0. The van der Waals surface area contributed by atoms with E-state index in [1.54, 1.807) is 0 Å². The molecule has 1 aromatic carbocycles. The van der Waals surface area contributed by atoms with Gasteiger partial charge in [0.25, 0.3) is 0 Å². The van der Waals surface area contributed by atoms with Crippen molar-refractivity contribution in [2.24, 2.45) is 0 Å². The van der Waals surface area contributed by atoms with E-state index in [-0.39, 0.29) is 5.82 Å². The predicted molar refractivity (Wildman–Crippen MR) is 57.1 cm³/mol. The molecule has 16 heavy (non-hydrogen) atoms. The third-order valence-corrected chi connectivity index (χ3v) is 2.87. The number of aromatic nitrogens is 3. The van der Waals surface area contributed by atoms with E-state index >= 15 is 0 Å². The van der Waals surface area contributed by atoms with Gasteiger partial charge in [-0.25, -0.2) is 9.37 Å². The first kappa shape index (κ1) is 10.6. The number of nitrogens with zero attached hydrogens (tertiary/aromatic N) is 3. The number of halogens is 1. The number of nitriles is 1. The van der Waals surface area contributed by atoms with Crippen LogP contribution in [0.15, 0.2) is 29.7 Å². The smallest absolute Gasteiger partial charge is 0.183 e. The van der Waals surface area contributed by atoms with Crippen LogP contribution in [-0.2, 0) is 5.75 Å². The van der Waals surface area contributed by atoms with Crippen LogP contribution in [0.5, 0.6) is 0 Å². The maximum atomic E-state index is 13.0. The van der Waals surface area contributed by atoms with Gasteiger partial charge < -0.3 is 0 Å². The number of nitrogens with one attached hydrogen (secondary N) is 1. The zero-order valence-corrected chi connectivity index (χ0v) is 8.96. The molecule has 0 saturated heterocycles. The molecule has 1 heterocycles. The fraction of sp³-hybridized carbons (Fsp3) is 0.100. The lowest BCUT2D eigenvalue weighted by atomic mass is 10.1. The van der Waals surface area contributed by atoms with Gasteiger partial charge in [-0.15, -0.1) is 0 Å². The molecule has 0 atom stereocenters. The summed E-state index contributed by atoms with van der Waals surface area (Å²) < 4.78 is 13.0. The van der Waals surface area contributed by atoms with Crippen LogP contribution in [0.25, 0.3) is 0 Å². The molecule has 0 radical (unpaired) electrons. The Balaban J connectivity index is 2.15. The molecule has 0 bridgehead atoms. The molecule has 6 heteroatoms. The molecular formula is C10H7FN4S. The molecule has 0 saturated carbocycles. The number of H-pyrrole nitrogens is 1. The quantitative estimate of drug-likeness (QED) is 0.826. The minimum atomic E-state index is -0.341. The van der Waals surface area contributed by atoms with Crippen molar-refractivity contribution < 1.29 is 4.39 Å². The number of rotatable bonds is 3. The zero-order chi connectivity index (χ0) is 11.4. The van der Waals surface area contributed by atoms with Crippen LogP contribution in [0, 0.1) is 17.1 Å². The standard InChI is InChI=1S/C10H7FN4S/c11-9-2-1-7(4-12)8(3-9)5-16-10-13-6-14-15-10/h1-3,6H,5H2,(H,13,14,15). The largest absolute Gasteiger partial charge is 0.254 e. The van der Waals surface area contributed by atoms with Crippen LogP contribution in [-0.4, -0.2) is 15.2 Å². The normalized spacial score (nSPS) is 10.0. The second-order valence-corrected chi connectivity index (χ2v) is 3.96. The van der Waals surface area contributed by atoms with Crippen molar-refractivity contribution in [2.75, 3.05) is 0 Å². The monoisotopic (exact) mass is 234 g/mol. The van der Waals surface area contributed by atoms with E-state index in [0.29, 0.717) is 22.0 Å². The summed E-state index contributed by atoms with van der Waals surface area (Å²) in [4.78, 5) is 3.93. The highest BCUT2D eigenvalue weighted by molar-refractivity contribution is 7.98. The molecule has 0 aliphatic rings. The first-order valence-electron chi connectivity index (χ1n) is 4.46. The summed E-state index contributed by atoms with van der Waals surface area (Å²) in [6, 6.07) is 6.15. The Morgan fingerprint density at radius 3 is 3.06 bits per heavy atom. The molecule has 0 spiro atoms. The molecular weight excluding hydrogens is 227 g/mol. The van der Waals surface area contributed by atoms with Gasteiger partial charge in [0, 0.05) is 5.75 Å². The average molecular weight is 234 g/mol. The summed E-state index contributed by atoms with van der Waals surface area (Å²) >= 11 is 1.37. The second kappa shape index (κ2) is 4.77. The Labute approximate surface area is 95.5 Å². The highest BCUT2D eigenvalue weighted by Gasteiger charge is 2.05. The van der Waals surface area contributed by atoms with E-state index in [9.17, 15) is 4.39 Å². The van der Waals surface area contributed by atoms with Gasteiger partial charge in [-0.05, 0) is 23.8 Å². The first-order valence-corrected chi connectivity index (χ1v) is 5.45. The Morgan fingerprint density at radius 2 is 2.38 bits per heavy atom. The highest BCUT2D eigenvalue weighted by atomic mass is 32.2. The number of thioether (sulfide) groups is 1. The van der Waals surface area contributed by atoms with E-state index in [1.165, 1.54) is 36.3 Å². The van der Waals surface area contributed by atoms with E-state index in [2.05, 4.69) is 15.2 Å². The molecule has 80 valence electrons. The van der Waals surface area contributed by atoms with Crippen LogP contribution in [0.1, 0.15) is 11.1 Å². The van der Waals surface area contributed by atoms with Crippen molar-refractivity contribution in [1.82, 2.24) is 15.2 Å². The third kappa shape index (κ3) is 2.38. The Hall–Kier alpha value is -1.87. The topological polar surface area (TPSA) is 65.4 Å². The number of hydrogen-bond acceptors (Lipinski definition) is 4. The summed E-state index contributed by atoms with van der Waals surface area (Å²) in [6.45, 7) is 0. The molecule has 2 rings (SSSR count). The Kier molecular flexibility index (Phi) is 3.17. The SMILES string of the molecule is N#Cc1ccc(F)cc1CSc1ncn[nH]1. The molecule has 0 unspecified atom stereocenters. The van der Waals surface area contributed by atoms with Crippen LogP contribution < -0.4 is 0 Å². The molecule has 0 aliphatic heterocycles. The fourth-order valence-electron chi connectivity index (χ4n) is 1.20. The lowest BCUT2D eigenvalue weighted by Gasteiger charge is -2.01. The van der Waals surface area contributed by atoms with Crippen molar-refractivity contribution in [3.63, 3.8) is 0 Å². The van der Waals surface area contributed by atoms with Crippen molar-refractivity contribution in [2.45, 2.75) is 10.9 Å². The molecule has 1 aromatic heterocycles. The van der Waals surface area contributed by atoms with Crippen LogP contribution in [0.4, 0.5) is 4.39 Å². The van der Waals surface area contributed by atoms with E-state index in [4.69, 9.17) is 5.26 Å². The molecule has 0 fully saturated rings. The highest BCUT2D eigenvalue weighted by Crippen LogP contribution is 2.21. The summed E-state index contributed by atoms with van der Waals surface area (Å²) in [6.07, 6.45) is 1.40. The molecule has 0 amide bonds. The van der Waals surface area contributed by atoms with Gasteiger partial charge in [-0.1, -0.05) is 11.8 Å². The van der Waals surface area contributed by atoms with E-state index in [1.807, 2.05) is 6.07 Å². The van der Waals surface area contributed by atoms with Gasteiger partial charge in [0.1, 0.15) is 12.1 Å². The van der Waals surface area contributed by atoms with Crippen molar-refractivity contribution in [3.8, 4) is 6.07 Å².